The molecule has 0 aromatic rings. The lowest BCUT2D eigenvalue weighted by molar-refractivity contribution is -0.154. The van der Waals surface area contributed by atoms with Crippen LogP contribution in [-0.2, 0) is 14.3 Å². The van der Waals surface area contributed by atoms with Crippen molar-refractivity contribution in [2.24, 2.45) is 5.92 Å². The molecule has 1 atom stereocenters. The van der Waals surface area contributed by atoms with Gasteiger partial charge in [0.05, 0.1) is 6.61 Å². The predicted molar refractivity (Wildman–Crippen MR) is 124 cm³/mol. The average molecular weight is 409 g/mol. The van der Waals surface area contributed by atoms with Crippen LogP contribution in [0.25, 0.3) is 0 Å². The van der Waals surface area contributed by atoms with Crippen molar-refractivity contribution >= 4 is 11.8 Å². The number of ether oxygens (including phenoxy) is 1. The Bertz CT molecular complexity index is 435. The molecule has 0 spiro atoms. The van der Waals surface area contributed by atoms with Crippen LogP contribution in [0.4, 0.5) is 0 Å². The van der Waals surface area contributed by atoms with E-state index in [1.165, 1.54) is 69.8 Å². The summed E-state index contributed by atoms with van der Waals surface area (Å²) in [4.78, 5) is 23.6. The number of rotatable bonds is 20. The van der Waals surface area contributed by atoms with Crippen molar-refractivity contribution in [3.8, 4) is 0 Å². The Balaban J connectivity index is 3.49. The van der Waals surface area contributed by atoms with Crippen LogP contribution < -0.4 is 0 Å². The van der Waals surface area contributed by atoms with Crippen LogP contribution in [0.3, 0.4) is 0 Å². The van der Waals surface area contributed by atoms with Crippen LogP contribution in [0.1, 0.15) is 130 Å². The number of carbonyl (C=O) groups is 2. The van der Waals surface area contributed by atoms with Gasteiger partial charge in [0.2, 0.25) is 5.78 Å². The van der Waals surface area contributed by atoms with Crippen molar-refractivity contribution in [1.29, 1.82) is 0 Å². The Morgan fingerprint density at radius 2 is 1.31 bits per heavy atom. The molecule has 0 aliphatic heterocycles. The smallest absolute Gasteiger partial charge is 0.374 e. The van der Waals surface area contributed by atoms with Gasteiger partial charge in [-0.3, -0.25) is 4.79 Å². The second kappa shape index (κ2) is 20.2. The minimum atomic E-state index is -0.635. The zero-order chi connectivity index (χ0) is 21.7. The van der Waals surface area contributed by atoms with Crippen molar-refractivity contribution < 1.29 is 14.3 Å². The fraction of sp³-hybridized carbons (Fsp3) is 0.846. The summed E-state index contributed by atoms with van der Waals surface area (Å²) >= 11 is 0. The molecule has 0 saturated heterocycles. The number of ketones is 1. The maximum Gasteiger partial charge on any atom is 0.374 e. The first-order valence-electron chi connectivity index (χ1n) is 12.3. The van der Waals surface area contributed by atoms with Crippen LogP contribution >= 0.6 is 0 Å². The summed E-state index contributed by atoms with van der Waals surface area (Å²) in [6, 6.07) is 0. The third-order valence-electron chi connectivity index (χ3n) is 5.54. The van der Waals surface area contributed by atoms with Crippen LogP contribution in [0.5, 0.6) is 0 Å². The van der Waals surface area contributed by atoms with Gasteiger partial charge in [0, 0.05) is 6.42 Å². The third-order valence-corrected chi connectivity index (χ3v) is 5.54. The Kier molecular flexibility index (Phi) is 19.4. The molecule has 0 radical (unpaired) electrons. The molecule has 0 heterocycles. The maximum absolute atomic E-state index is 11.9. The topological polar surface area (TPSA) is 43.4 Å². The zero-order valence-corrected chi connectivity index (χ0v) is 19.9. The Hall–Kier alpha value is -1.12. The molecular weight excluding hydrogens is 360 g/mol. The normalized spacial score (nSPS) is 11.9. The van der Waals surface area contributed by atoms with E-state index in [9.17, 15) is 9.59 Å². The van der Waals surface area contributed by atoms with E-state index < -0.39 is 5.97 Å². The molecule has 29 heavy (non-hydrogen) atoms. The SMILES string of the molecule is CCCCCCCCCCCCCCC(=O)C(=O)OCC[C@H](C)CCC=C(C)C. The van der Waals surface area contributed by atoms with E-state index in [1.54, 1.807) is 0 Å². The van der Waals surface area contributed by atoms with Gasteiger partial charge >= 0.3 is 5.97 Å². The summed E-state index contributed by atoms with van der Waals surface area (Å²) in [7, 11) is 0. The summed E-state index contributed by atoms with van der Waals surface area (Å²) < 4.78 is 5.16. The summed E-state index contributed by atoms with van der Waals surface area (Å²) in [5.74, 6) is -0.483. The summed E-state index contributed by atoms with van der Waals surface area (Å²) in [5.41, 5.74) is 1.34. The molecule has 0 aromatic heterocycles. The average Bonchev–Trinajstić information content (AvgIpc) is 2.68. The molecule has 3 heteroatoms. The highest BCUT2D eigenvalue weighted by Crippen LogP contribution is 2.14. The number of esters is 1. The minimum Gasteiger partial charge on any atom is -0.460 e. The Labute approximate surface area is 181 Å². The van der Waals surface area contributed by atoms with Crippen LogP contribution in [0.2, 0.25) is 0 Å². The monoisotopic (exact) mass is 408 g/mol. The summed E-state index contributed by atoms with van der Waals surface area (Å²) in [6.45, 7) is 9.00. The first-order chi connectivity index (χ1) is 14.0. The summed E-state index contributed by atoms with van der Waals surface area (Å²) in [6.07, 6.45) is 20.7. The van der Waals surface area contributed by atoms with E-state index in [4.69, 9.17) is 4.74 Å². The van der Waals surface area contributed by atoms with Gasteiger partial charge in [0.1, 0.15) is 0 Å². The highest BCUT2D eigenvalue weighted by molar-refractivity contribution is 6.33. The van der Waals surface area contributed by atoms with Gasteiger partial charge in [-0.2, -0.15) is 0 Å². The van der Waals surface area contributed by atoms with Gasteiger partial charge in [0.15, 0.2) is 0 Å². The maximum atomic E-state index is 11.9. The summed E-state index contributed by atoms with van der Waals surface area (Å²) in [5, 5.41) is 0. The molecule has 0 aliphatic rings. The van der Waals surface area contributed by atoms with E-state index in [-0.39, 0.29) is 5.78 Å². The first kappa shape index (κ1) is 27.9. The molecule has 0 rings (SSSR count). The lowest BCUT2D eigenvalue weighted by Gasteiger charge is -2.10. The highest BCUT2D eigenvalue weighted by Gasteiger charge is 2.15. The number of hydrogen-bond acceptors (Lipinski definition) is 3. The van der Waals surface area contributed by atoms with Gasteiger partial charge in [0.25, 0.3) is 0 Å². The second-order valence-electron chi connectivity index (χ2n) is 8.95. The molecule has 0 fully saturated rings. The molecule has 0 unspecified atom stereocenters. The van der Waals surface area contributed by atoms with Crippen LogP contribution in [0, 0.1) is 5.92 Å². The Morgan fingerprint density at radius 1 is 0.793 bits per heavy atom. The molecule has 3 nitrogen and oxygen atoms in total. The molecule has 0 aliphatic carbocycles. The van der Waals surface area contributed by atoms with Crippen molar-refractivity contribution in [2.45, 2.75) is 130 Å². The van der Waals surface area contributed by atoms with Crippen molar-refractivity contribution in [2.75, 3.05) is 6.61 Å². The fourth-order valence-electron chi connectivity index (χ4n) is 3.46. The first-order valence-corrected chi connectivity index (χ1v) is 12.3. The Morgan fingerprint density at radius 3 is 1.83 bits per heavy atom. The van der Waals surface area contributed by atoms with Crippen LogP contribution in [-0.4, -0.2) is 18.4 Å². The highest BCUT2D eigenvalue weighted by atomic mass is 16.5. The number of allylic oxidation sites excluding steroid dienone is 2. The van der Waals surface area contributed by atoms with Gasteiger partial charge in [-0.05, 0) is 45.4 Å². The number of hydrogen-bond donors (Lipinski definition) is 0. The number of unbranched alkanes of at least 4 members (excludes halogenated alkanes) is 11. The largest absolute Gasteiger partial charge is 0.460 e. The molecular formula is C26H48O3. The second-order valence-corrected chi connectivity index (χ2v) is 8.95. The van der Waals surface area contributed by atoms with E-state index in [0.29, 0.717) is 18.9 Å². The van der Waals surface area contributed by atoms with E-state index in [0.717, 1.165) is 32.1 Å². The van der Waals surface area contributed by atoms with Gasteiger partial charge < -0.3 is 4.74 Å². The fourth-order valence-corrected chi connectivity index (χ4v) is 3.46. The molecule has 0 amide bonds. The van der Waals surface area contributed by atoms with Crippen molar-refractivity contribution in [3.05, 3.63) is 11.6 Å². The van der Waals surface area contributed by atoms with Crippen LogP contribution in [0.15, 0.2) is 11.6 Å². The lowest BCUT2D eigenvalue weighted by Crippen LogP contribution is -2.18. The standard InChI is InChI=1S/C26H48O3/c1-5-6-7-8-9-10-11-12-13-14-15-16-20-25(27)26(28)29-22-21-24(4)19-17-18-23(2)3/h18,24H,5-17,19-22H2,1-4H3/t24-/m1/s1. The lowest BCUT2D eigenvalue weighted by atomic mass is 10.0. The molecule has 0 N–H and O–H groups in total. The van der Waals surface area contributed by atoms with Crippen molar-refractivity contribution in [1.82, 2.24) is 0 Å². The molecule has 0 saturated carbocycles. The quantitative estimate of drug-likeness (QED) is 0.0888. The van der Waals surface area contributed by atoms with Gasteiger partial charge in [-0.15, -0.1) is 0 Å². The van der Waals surface area contributed by atoms with Gasteiger partial charge in [-0.25, -0.2) is 4.79 Å². The minimum absolute atomic E-state index is 0.340. The third kappa shape index (κ3) is 19.9. The van der Waals surface area contributed by atoms with Crippen molar-refractivity contribution in [3.63, 3.8) is 0 Å². The van der Waals surface area contributed by atoms with E-state index in [2.05, 4.69) is 33.8 Å². The number of carbonyl (C=O) groups excluding carboxylic acids is 2. The molecule has 0 bridgehead atoms. The van der Waals surface area contributed by atoms with E-state index >= 15 is 0 Å². The zero-order valence-electron chi connectivity index (χ0n) is 19.9. The molecule has 0 aromatic carbocycles. The molecule has 170 valence electrons. The van der Waals surface area contributed by atoms with Gasteiger partial charge in [-0.1, -0.05) is 96.1 Å². The number of Topliss-reactive ketones (excluding diaryl/α,β-unsaturated/α-hetero) is 1. The predicted octanol–water partition coefficient (Wildman–Crippen LogP) is 7.96. The van der Waals surface area contributed by atoms with E-state index in [1.807, 2.05) is 0 Å².